The van der Waals surface area contributed by atoms with Gasteiger partial charge in [-0.15, -0.1) is 0 Å². The fourth-order valence-electron chi connectivity index (χ4n) is 3.57. The van der Waals surface area contributed by atoms with Gasteiger partial charge in [-0.05, 0) is 37.8 Å². The van der Waals surface area contributed by atoms with E-state index < -0.39 is 10.2 Å². The molecule has 8 nitrogen and oxygen atoms in total. The monoisotopic (exact) mass is 395 g/mol. The Kier molecular flexibility index (Phi) is 4.91. The Morgan fingerprint density at radius 2 is 1.77 bits per heavy atom. The van der Waals surface area contributed by atoms with Gasteiger partial charge in [-0.2, -0.15) is 25.8 Å². The SMILES string of the molecule is O=C(Nc1cccc2nsnc12)C1CCN(S(=O)(=O)N2CCCC2)CC1. The van der Waals surface area contributed by atoms with Gasteiger partial charge in [0.05, 0.1) is 17.4 Å². The molecule has 0 bridgehead atoms. The van der Waals surface area contributed by atoms with Crippen molar-refractivity contribution in [2.24, 2.45) is 5.92 Å². The van der Waals surface area contributed by atoms with E-state index in [-0.39, 0.29) is 11.8 Å². The molecule has 0 atom stereocenters. The number of carbonyl (C=O) groups excluding carboxylic acids is 1. The predicted octanol–water partition coefficient (Wildman–Crippen LogP) is 1.68. The van der Waals surface area contributed by atoms with Crippen molar-refractivity contribution in [3.8, 4) is 0 Å². The number of nitrogens with one attached hydrogen (secondary N) is 1. The highest BCUT2D eigenvalue weighted by Gasteiger charge is 2.35. The summed E-state index contributed by atoms with van der Waals surface area (Å²) in [4.78, 5) is 12.6. The van der Waals surface area contributed by atoms with Gasteiger partial charge in [0.1, 0.15) is 11.0 Å². The molecule has 0 unspecified atom stereocenters. The van der Waals surface area contributed by atoms with Gasteiger partial charge in [0.25, 0.3) is 10.2 Å². The summed E-state index contributed by atoms with van der Waals surface area (Å²) in [6.45, 7) is 1.99. The highest BCUT2D eigenvalue weighted by atomic mass is 32.2. The Labute approximate surface area is 156 Å². The minimum absolute atomic E-state index is 0.0799. The van der Waals surface area contributed by atoms with Crippen molar-refractivity contribution in [3.63, 3.8) is 0 Å². The lowest BCUT2D eigenvalue weighted by atomic mass is 9.97. The molecule has 0 saturated carbocycles. The van der Waals surface area contributed by atoms with Crippen molar-refractivity contribution in [2.45, 2.75) is 25.7 Å². The van der Waals surface area contributed by atoms with Crippen molar-refractivity contribution in [2.75, 3.05) is 31.5 Å². The molecule has 1 amide bonds. The fraction of sp³-hybridized carbons (Fsp3) is 0.562. The molecule has 26 heavy (non-hydrogen) atoms. The van der Waals surface area contributed by atoms with Crippen molar-refractivity contribution >= 4 is 44.6 Å². The number of hydrogen-bond acceptors (Lipinski definition) is 6. The molecule has 2 aliphatic rings. The Morgan fingerprint density at radius 3 is 2.50 bits per heavy atom. The van der Waals surface area contributed by atoms with Crippen molar-refractivity contribution in [1.82, 2.24) is 17.4 Å². The molecule has 4 rings (SSSR count). The van der Waals surface area contributed by atoms with Gasteiger partial charge in [-0.25, -0.2) is 0 Å². The Morgan fingerprint density at radius 1 is 1.08 bits per heavy atom. The zero-order valence-electron chi connectivity index (χ0n) is 14.3. The first-order valence-corrected chi connectivity index (χ1v) is 11.0. The van der Waals surface area contributed by atoms with E-state index >= 15 is 0 Å². The van der Waals surface area contributed by atoms with Crippen LogP contribution in [0, 0.1) is 5.92 Å². The molecule has 3 heterocycles. The molecule has 140 valence electrons. The maximum absolute atomic E-state index is 12.6. The Hall–Kier alpha value is -1.62. The van der Waals surface area contributed by atoms with E-state index in [9.17, 15) is 13.2 Å². The maximum Gasteiger partial charge on any atom is 0.281 e. The third kappa shape index (κ3) is 3.34. The van der Waals surface area contributed by atoms with Crippen LogP contribution in [0.25, 0.3) is 11.0 Å². The van der Waals surface area contributed by atoms with E-state index in [2.05, 4.69) is 14.1 Å². The van der Waals surface area contributed by atoms with Gasteiger partial charge in [-0.1, -0.05) is 6.07 Å². The lowest BCUT2D eigenvalue weighted by Gasteiger charge is -2.33. The minimum atomic E-state index is -3.37. The second-order valence-corrected chi connectivity index (χ2v) is 9.17. The summed E-state index contributed by atoms with van der Waals surface area (Å²) < 4.78 is 36.7. The first-order chi connectivity index (χ1) is 12.6. The number of hydrogen-bond donors (Lipinski definition) is 1. The lowest BCUT2D eigenvalue weighted by Crippen LogP contribution is -2.47. The minimum Gasteiger partial charge on any atom is -0.324 e. The molecule has 1 aromatic carbocycles. The van der Waals surface area contributed by atoms with Crippen molar-refractivity contribution in [1.29, 1.82) is 0 Å². The van der Waals surface area contributed by atoms with Crippen LogP contribution in [-0.2, 0) is 15.0 Å². The molecule has 0 radical (unpaired) electrons. The second-order valence-electron chi connectivity index (χ2n) is 6.71. The van der Waals surface area contributed by atoms with E-state index in [1.54, 1.807) is 4.31 Å². The molecule has 10 heteroatoms. The third-order valence-corrected chi connectivity index (χ3v) is 7.66. The van der Waals surface area contributed by atoms with Gasteiger partial charge < -0.3 is 5.32 Å². The molecule has 1 aromatic heterocycles. The van der Waals surface area contributed by atoms with Crippen LogP contribution in [0.4, 0.5) is 5.69 Å². The van der Waals surface area contributed by atoms with Gasteiger partial charge >= 0.3 is 0 Å². The quantitative estimate of drug-likeness (QED) is 0.850. The van der Waals surface area contributed by atoms with Crippen LogP contribution in [0.3, 0.4) is 0 Å². The van der Waals surface area contributed by atoms with Crippen LogP contribution < -0.4 is 5.32 Å². The number of fused-ring (bicyclic) bond motifs is 1. The molecular formula is C16H21N5O3S2. The summed E-state index contributed by atoms with van der Waals surface area (Å²) in [5.74, 6) is -0.273. The molecule has 0 spiro atoms. The molecule has 2 aliphatic heterocycles. The molecule has 2 fully saturated rings. The average Bonchev–Trinajstić information content (AvgIpc) is 3.34. The largest absolute Gasteiger partial charge is 0.324 e. The summed E-state index contributed by atoms with van der Waals surface area (Å²) in [6, 6.07) is 5.51. The van der Waals surface area contributed by atoms with Gasteiger partial charge in [-0.3, -0.25) is 4.79 Å². The highest BCUT2D eigenvalue weighted by molar-refractivity contribution is 7.86. The average molecular weight is 396 g/mol. The highest BCUT2D eigenvalue weighted by Crippen LogP contribution is 2.26. The van der Waals surface area contributed by atoms with Gasteiger partial charge in [0, 0.05) is 32.1 Å². The molecule has 2 saturated heterocycles. The fourth-order valence-corrected chi connectivity index (χ4v) is 5.84. The molecule has 0 aliphatic carbocycles. The number of benzene rings is 1. The van der Waals surface area contributed by atoms with Crippen molar-refractivity contribution in [3.05, 3.63) is 18.2 Å². The smallest absolute Gasteiger partial charge is 0.281 e. The van der Waals surface area contributed by atoms with E-state index in [0.717, 1.165) is 30.1 Å². The van der Waals surface area contributed by atoms with Crippen LogP contribution in [0.1, 0.15) is 25.7 Å². The van der Waals surface area contributed by atoms with Crippen LogP contribution in [0.15, 0.2) is 18.2 Å². The van der Waals surface area contributed by atoms with Gasteiger partial charge in [0.2, 0.25) is 5.91 Å². The summed E-state index contributed by atoms with van der Waals surface area (Å²) in [6.07, 6.45) is 2.92. The standard InChI is InChI=1S/C16H21N5O3S2/c22-16(17-13-4-3-5-14-15(13)19-25-18-14)12-6-10-21(11-7-12)26(23,24)20-8-1-2-9-20/h3-5,12H,1-2,6-11H2,(H,17,22). The van der Waals surface area contributed by atoms with Gasteiger partial charge in [0.15, 0.2) is 0 Å². The number of aromatic nitrogens is 2. The zero-order valence-corrected chi connectivity index (χ0v) is 15.9. The number of piperidine rings is 1. The first-order valence-electron chi connectivity index (χ1n) is 8.83. The van der Waals surface area contributed by atoms with Crippen LogP contribution in [-0.4, -0.2) is 57.9 Å². The van der Waals surface area contributed by atoms with E-state index in [1.165, 1.54) is 4.31 Å². The number of nitrogens with zero attached hydrogens (tertiary/aromatic N) is 4. The van der Waals surface area contributed by atoms with E-state index in [0.29, 0.717) is 50.2 Å². The normalized spacial score (nSPS) is 20.6. The summed E-state index contributed by atoms with van der Waals surface area (Å²) in [5.41, 5.74) is 2.12. The topological polar surface area (TPSA) is 95.5 Å². The third-order valence-electron chi connectivity index (χ3n) is 5.09. The number of amides is 1. The molecule has 1 N–H and O–H groups in total. The van der Waals surface area contributed by atoms with E-state index in [4.69, 9.17) is 0 Å². The summed E-state index contributed by atoms with van der Waals surface area (Å²) >= 11 is 1.12. The number of carbonyl (C=O) groups is 1. The lowest BCUT2D eigenvalue weighted by molar-refractivity contribution is -0.120. The summed E-state index contributed by atoms with van der Waals surface area (Å²) in [7, 11) is -3.37. The molecular weight excluding hydrogens is 374 g/mol. The van der Waals surface area contributed by atoms with E-state index in [1.807, 2.05) is 18.2 Å². The second kappa shape index (κ2) is 7.18. The first kappa shape index (κ1) is 17.8. The predicted molar refractivity (Wildman–Crippen MR) is 100 cm³/mol. The van der Waals surface area contributed by atoms with Crippen LogP contribution >= 0.6 is 11.7 Å². The number of anilines is 1. The van der Waals surface area contributed by atoms with Crippen molar-refractivity contribution < 1.29 is 13.2 Å². The zero-order chi connectivity index (χ0) is 18.1. The molecule has 2 aromatic rings. The Bertz CT molecular complexity index is 900. The Balaban J connectivity index is 1.38. The maximum atomic E-state index is 12.6. The summed E-state index contributed by atoms with van der Waals surface area (Å²) in [5, 5.41) is 2.94. The van der Waals surface area contributed by atoms with Crippen LogP contribution in [0.5, 0.6) is 0 Å². The van der Waals surface area contributed by atoms with Crippen LogP contribution in [0.2, 0.25) is 0 Å². The number of rotatable bonds is 4.